The number of benzene rings is 2. The molecule has 0 radical (unpaired) electrons. The Labute approximate surface area is 180 Å². The van der Waals surface area contributed by atoms with Crippen LogP contribution < -0.4 is 0 Å². The van der Waals surface area contributed by atoms with E-state index in [9.17, 15) is 8.42 Å². The lowest BCUT2D eigenvalue weighted by Gasteiger charge is -2.05. The molecule has 0 saturated heterocycles. The van der Waals surface area contributed by atoms with Crippen LogP contribution in [0, 0.1) is 6.92 Å². The van der Waals surface area contributed by atoms with Crippen molar-refractivity contribution in [2.24, 2.45) is 0 Å². The van der Waals surface area contributed by atoms with E-state index in [-0.39, 0.29) is 12.4 Å². The molecule has 0 fully saturated rings. The van der Waals surface area contributed by atoms with Gasteiger partial charge in [0.2, 0.25) is 5.89 Å². The highest BCUT2D eigenvalue weighted by Gasteiger charge is 2.15. The number of nitrogens with zero attached hydrogens (tertiary/aromatic N) is 1. The van der Waals surface area contributed by atoms with Crippen LogP contribution in [0.2, 0.25) is 0 Å². The van der Waals surface area contributed by atoms with Crippen LogP contribution >= 0.6 is 11.3 Å². The van der Waals surface area contributed by atoms with Crippen molar-refractivity contribution in [3.63, 3.8) is 0 Å². The maximum absolute atomic E-state index is 12.2. The van der Waals surface area contributed by atoms with Gasteiger partial charge in [0.05, 0.1) is 12.3 Å². The molecule has 0 amide bonds. The molecule has 4 aromatic rings. The third kappa shape index (κ3) is 5.05. The normalized spacial score (nSPS) is 11.6. The van der Waals surface area contributed by atoms with E-state index in [1.54, 1.807) is 35.6 Å². The summed E-state index contributed by atoms with van der Waals surface area (Å²) in [7, 11) is -3.65. The Bertz CT molecular complexity index is 1200. The van der Waals surface area contributed by atoms with Gasteiger partial charge in [-0.05, 0) is 41.6 Å². The van der Waals surface area contributed by atoms with Gasteiger partial charge in [-0.2, -0.15) is 8.42 Å². The number of thiophene rings is 1. The number of aryl methyl sites for hydroxylation is 1. The van der Waals surface area contributed by atoms with Gasteiger partial charge in [0.1, 0.15) is 11.5 Å². The van der Waals surface area contributed by atoms with Gasteiger partial charge in [-0.25, -0.2) is 4.98 Å². The van der Waals surface area contributed by atoms with Crippen molar-refractivity contribution in [3.8, 4) is 21.9 Å². The lowest BCUT2D eigenvalue weighted by Crippen LogP contribution is -2.11. The Kier molecular flexibility index (Phi) is 6.13. The van der Waals surface area contributed by atoms with Gasteiger partial charge in [-0.3, -0.25) is 4.18 Å². The SMILES string of the molecule is Cc1oc(-c2ccc(-c3cccs3)cc2)nc1CCOS(=O)(=O)Cc1ccccc1. The summed E-state index contributed by atoms with van der Waals surface area (Å²) in [4.78, 5) is 5.75. The summed E-state index contributed by atoms with van der Waals surface area (Å²) in [6, 6.07) is 21.1. The number of hydrogen-bond acceptors (Lipinski definition) is 6. The van der Waals surface area contributed by atoms with Crippen LogP contribution in [0.3, 0.4) is 0 Å². The zero-order valence-electron chi connectivity index (χ0n) is 16.4. The standard InChI is InChI=1S/C23H21NO4S2/c1-17-21(13-14-27-30(25,26)16-18-6-3-2-4-7-18)24-23(28-17)20-11-9-19(10-12-20)22-8-5-15-29-22/h2-12,15H,13-14,16H2,1H3. The van der Waals surface area contributed by atoms with E-state index in [1.165, 1.54) is 4.88 Å². The molecule has 30 heavy (non-hydrogen) atoms. The zero-order chi connectivity index (χ0) is 21.0. The highest BCUT2D eigenvalue weighted by molar-refractivity contribution is 7.85. The lowest BCUT2D eigenvalue weighted by molar-refractivity contribution is 0.319. The van der Waals surface area contributed by atoms with Crippen molar-refractivity contribution in [2.45, 2.75) is 19.1 Å². The van der Waals surface area contributed by atoms with Gasteiger partial charge < -0.3 is 4.42 Å². The Morgan fingerprint density at radius 1 is 0.967 bits per heavy atom. The van der Waals surface area contributed by atoms with Crippen LogP contribution in [0.4, 0.5) is 0 Å². The molecule has 4 rings (SSSR count). The number of oxazole rings is 1. The molecule has 0 aliphatic heterocycles. The zero-order valence-corrected chi connectivity index (χ0v) is 18.1. The number of aromatic nitrogens is 1. The van der Waals surface area contributed by atoms with Gasteiger partial charge in [0.15, 0.2) is 0 Å². The maximum atomic E-state index is 12.2. The van der Waals surface area contributed by atoms with E-state index in [0.29, 0.717) is 29.3 Å². The molecule has 7 heteroatoms. The van der Waals surface area contributed by atoms with Crippen molar-refractivity contribution >= 4 is 21.5 Å². The van der Waals surface area contributed by atoms with Crippen molar-refractivity contribution in [2.75, 3.05) is 6.61 Å². The van der Waals surface area contributed by atoms with Gasteiger partial charge in [0, 0.05) is 16.9 Å². The molecule has 0 saturated carbocycles. The van der Waals surface area contributed by atoms with Crippen molar-refractivity contribution in [1.29, 1.82) is 0 Å². The third-order valence-electron chi connectivity index (χ3n) is 4.62. The van der Waals surface area contributed by atoms with Crippen LogP contribution in [0.15, 0.2) is 76.5 Å². The summed E-state index contributed by atoms with van der Waals surface area (Å²) in [6.45, 7) is 1.85. The number of hydrogen-bond donors (Lipinski definition) is 0. The van der Waals surface area contributed by atoms with Crippen LogP contribution in [-0.2, 0) is 26.5 Å². The van der Waals surface area contributed by atoms with E-state index < -0.39 is 10.1 Å². The monoisotopic (exact) mass is 439 g/mol. The average Bonchev–Trinajstić information content (AvgIpc) is 3.39. The Hall–Kier alpha value is -2.74. The molecule has 0 spiro atoms. The predicted octanol–water partition coefficient (Wildman–Crippen LogP) is 5.47. The summed E-state index contributed by atoms with van der Waals surface area (Å²) >= 11 is 1.69. The van der Waals surface area contributed by atoms with Crippen LogP contribution in [0.5, 0.6) is 0 Å². The van der Waals surface area contributed by atoms with Crippen molar-refractivity contribution in [1.82, 2.24) is 4.98 Å². The predicted molar refractivity (Wildman–Crippen MR) is 119 cm³/mol. The highest BCUT2D eigenvalue weighted by atomic mass is 32.2. The van der Waals surface area contributed by atoms with Gasteiger partial charge in [-0.1, -0.05) is 48.5 Å². The minimum Gasteiger partial charge on any atom is -0.441 e. The van der Waals surface area contributed by atoms with Crippen LogP contribution in [0.25, 0.3) is 21.9 Å². The molecule has 0 aliphatic rings. The molecular formula is C23H21NO4S2. The molecule has 154 valence electrons. The second kappa shape index (κ2) is 8.95. The van der Waals surface area contributed by atoms with Gasteiger partial charge >= 0.3 is 0 Å². The lowest BCUT2D eigenvalue weighted by atomic mass is 10.1. The Morgan fingerprint density at radius 2 is 1.70 bits per heavy atom. The molecule has 0 atom stereocenters. The number of rotatable bonds is 8. The smallest absolute Gasteiger partial charge is 0.271 e. The summed E-state index contributed by atoms with van der Waals surface area (Å²) in [5, 5.41) is 2.05. The highest BCUT2D eigenvalue weighted by Crippen LogP contribution is 2.28. The topological polar surface area (TPSA) is 69.4 Å². The minimum absolute atomic E-state index is 0.0271. The first-order valence-electron chi connectivity index (χ1n) is 9.52. The van der Waals surface area contributed by atoms with E-state index in [4.69, 9.17) is 8.60 Å². The summed E-state index contributed by atoms with van der Waals surface area (Å²) in [5.41, 5.74) is 3.42. The molecule has 2 aromatic carbocycles. The van der Waals surface area contributed by atoms with E-state index >= 15 is 0 Å². The fourth-order valence-corrected chi connectivity index (χ4v) is 4.84. The van der Waals surface area contributed by atoms with E-state index in [2.05, 4.69) is 16.4 Å². The molecule has 2 heterocycles. The van der Waals surface area contributed by atoms with Gasteiger partial charge in [-0.15, -0.1) is 11.3 Å². The molecule has 0 bridgehead atoms. The molecule has 0 N–H and O–H groups in total. The molecule has 0 unspecified atom stereocenters. The average molecular weight is 440 g/mol. The fourth-order valence-electron chi connectivity index (χ4n) is 3.09. The molecule has 2 aromatic heterocycles. The maximum Gasteiger partial charge on any atom is 0.271 e. The van der Waals surface area contributed by atoms with Crippen molar-refractivity contribution < 1.29 is 17.0 Å². The molecule has 0 aliphatic carbocycles. The van der Waals surface area contributed by atoms with Gasteiger partial charge in [0.25, 0.3) is 10.1 Å². The molecule has 5 nitrogen and oxygen atoms in total. The van der Waals surface area contributed by atoms with Crippen LogP contribution in [-0.4, -0.2) is 20.0 Å². The third-order valence-corrected chi connectivity index (χ3v) is 6.75. The first-order chi connectivity index (χ1) is 14.5. The minimum atomic E-state index is -3.65. The quantitative estimate of drug-likeness (QED) is 0.341. The largest absolute Gasteiger partial charge is 0.441 e. The second-order valence-electron chi connectivity index (χ2n) is 6.84. The first-order valence-corrected chi connectivity index (χ1v) is 12.0. The second-order valence-corrected chi connectivity index (χ2v) is 9.42. The fraction of sp³-hybridized carbons (Fsp3) is 0.174. The summed E-state index contributed by atoms with van der Waals surface area (Å²) in [6.07, 6.45) is 0.358. The summed E-state index contributed by atoms with van der Waals surface area (Å²) < 4.78 is 35.3. The first kappa shape index (κ1) is 20.5. The van der Waals surface area contributed by atoms with Crippen LogP contribution in [0.1, 0.15) is 17.0 Å². The van der Waals surface area contributed by atoms with Crippen molar-refractivity contribution in [3.05, 3.63) is 89.1 Å². The Morgan fingerprint density at radius 3 is 2.40 bits per heavy atom. The Balaban J connectivity index is 1.38. The van der Waals surface area contributed by atoms with E-state index in [0.717, 1.165) is 11.1 Å². The molecular weight excluding hydrogens is 418 g/mol. The summed E-state index contributed by atoms with van der Waals surface area (Å²) in [5.74, 6) is 1.04. The van der Waals surface area contributed by atoms with E-state index in [1.807, 2.05) is 43.3 Å².